The molecule has 1 spiro atoms. The van der Waals surface area contributed by atoms with Gasteiger partial charge >= 0.3 is 5.97 Å². The minimum absolute atomic E-state index is 0.158. The van der Waals surface area contributed by atoms with Gasteiger partial charge in [-0.1, -0.05) is 50.8 Å². The average Bonchev–Trinajstić information content (AvgIpc) is 3.13. The molecule has 3 N–H and O–H groups in total. The molecule has 7 heteroatoms. The van der Waals surface area contributed by atoms with Gasteiger partial charge in [0, 0.05) is 24.8 Å². The highest BCUT2D eigenvalue weighted by Gasteiger charge is 2.68. The van der Waals surface area contributed by atoms with E-state index < -0.39 is 35.1 Å². The largest absolute Gasteiger partial charge is 0.497 e. The van der Waals surface area contributed by atoms with Gasteiger partial charge in [-0.15, -0.1) is 0 Å². The summed E-state index contributed by atoms with van der Waals surface area (Å²) in [5, 5.41) is 25.9. The molecule has 2 fully saturated rings. The molecule has 9 atom stereocenters. The Bertz CT molecular complexity index is 1120. The number of carbonyl (C=O) groups excluding carboxylic acids is 2. The van der Waals surface area contributed by atoms with E-state index in [2.05, 4.69) is 18.8 Å². The molecule has 1 saturated heterocycles. The van der Waals surface area contributed by atoms with Crippen molar-refractivity contribution < 1.29 is 29.3 Å². The van der Waals surface area contributed by atoms with Crippen LogP contribution in [0, 0.1) is 29.1 Å². The van der Waals surface area contributed by atoms with E-state index in [1.165, 1.54) is 6.92 Å². The van der Waals surface area contributed by atoms with E-state index in [1.54, 1.807) is 26.2 Å². The molecule has 3 aliphatic rings. The molecule has 1 aliphatic heterocycles. The molecule has 1 heterocycles. The van der Waals surface area contributed by atoms with Gasteiger partial charge in [0.2, 0.25) is 5.91 Å². The lowest BCUT2D eigenvalue weighted by molar-refractivity contribution is -0.166. The standard InChI is InChI=1S/C31H41NO6/c1-18-8-7-9-24-28(34)20(3)19(2)27-25(16-22-10-12-23(37-6)13-11-22)32-29(35)31(24,27)26(38-21(4)33)14-15-30(5,36)17-18/h7,9-15,18-19,24-28,34,36H,3,8,16-17H2,1-2,4-6H3,(H,32,35)/b9-7+,15-14+. The first kappa shape index (κ1) is 28.1. The number of aliphatic hydroxyl groups excluding tert-OH is 1. The van der Waals surface area contributed by atoms with Crippen molar-refractivity contribution in [2.45, 2.75) is 70.8 Å². The van der Waals surface area contributed by atoms with Gasteiger partial charge in [-0.05, 0) is 67.4 Å². The molecule has 1 aromatic carbocycles. The number of esters is 1. The van der Waals surface area contributed by atoms with Crippen LogP contribution < -0.4 is 10.1 Å². The molecule has 1 saturated carbocycles. The SMILES string of the molecule is C=C1C(C)C2C(Cc3ccc(OC)cc3)NC(=O)C23C(OC(C)=O)/C=C/C(C)(O)CC(C)C/C=C/C3C1O. The number of methoxy groups -OCH3 is 1. The van der Waals surface area contributed by atoms with E-state index in [1.807, 2.05) is 43.3 Å². The van der Waals surface area contributed by atoms with E-state index in [-0.39, 0.29) is 29.7 Å². The quantitative estimate of drug-likeness (QED) is 0.410. The maximum Gasteiger partial charge on any atom is 0.303 e. The van der Waals surface area contributed by atoms with Crippen molar-refractivity contribution in [3.05, 3.63) is 66.3 Å². The highest BCUT2D eigenvalue weighted by atomic mass is 16.5. The second kappa shape index (κ2) is 10.7. The van der Waals surface area contributed by atoms with Gasteiger partial charge in [-0.2, -0.15) is 0 Å². The molecule has 0 radical (unpaired) electrons. The molecule has 2 aliphatic carbocycles. The number of aliphatic hydroxyl groups is 2. The van der Waals surface area contributed by atoms with Gasteiger partial charge in [0.1, 0.15) is 17.3 Å². The summed E-state index contributed by atoms with van der Waals surface area (Å²) in [6.07, 6.45) is 6.94. The number of allylic oxidation sites excluding steroid dienone is 1. The van der Waals surface area contributed by atoms with Crippen molar-refractivity contribution in [1.82, 2.24) is 5.32 Å². The van der Waals surface area contributed by atoms with Crippen molar-refractivity contribution in [1.29, 1.82) is 0 Å². The predicted octanol–water partition coefficient (Wildman–Crippen LogP) is 3.75. The van der Waals surface area contributed by atoms with Gasteiger partial charge in [-0.3, -0.25) is 9.59 Å². The van der Waals surface area contributed by atoms with E-state index >= 15 is 0 Å². The van der Waals surface area contributed by atoms with Crippen LogP contribution >= 0.6 is 0 Å². The number of amides is 1. The van der Waals surface area contributed by atoms with Gasteiger partial charge in [0.25, 0.3) is 0 Å². The summed E-state index contributed by atoms with van der Waals surface area (Å²) in [6.45, 7) is 11.3. The smallest absolute Gasteiger partial charge is 0.303 e. The Morgan fingerprint density at radius 2 is 1.89 bits per heavy atom. The number of carbonyl (C=O) groups is 2. The lowest BCUT2D eigenvalue weighted by atomic mass is 9.51. The summed E-state index contributed by atoms with van der Waals surface area (Å²) in [4.78, 5) is 26.6. The molecule has 1 amide bonds. The number of benzene rings is 1. The second-order valence-electron chi connectivity index (χ2n) is 11.6. The van der Waals surface area contributed by atoms with Crippen LogP contribution in [0.1, 0.15) is 46.1 Å². The summed E-state index contributed by atoms with van der Waals surface area (Å²) >= 11 is 0. The molecule has 0 bridgehead atoms. The zero-order chi connectivity index (χ0) is 27.8. The van der Waals surface area contributed by atoms with Crippen LogP contribution in [0.25, 0.3) is 0 Å². The second-order valence-corrected chi connectivity index (χ2v) is 11.6. The van der Waals surface area contributed by atoms with E-state index in [0.717, 1.165) is 11.3 Å². The monoisotopic (exact) mass is 523 g/mol. The Kier molecular flexibility index (Phi) is 7.91. The Morgan fingerprint density at radius 3 is 2.53 bits per heavy atom. The maximum absolute atomic E-state index is 14.2. The fourth-order valence-electron chi connectivity index (χ4n) is 7.05. The van der Waals surface area contributed by atoms with Crippen LogP contribution in [-0.2, 0) is 20.7 Å². The van der Waals surface area contributed by atoms with Crippen molar-refractivity contribution in [2.24, 2.45) is 29.1 Å². The lowest BCUT2D eigenvalue weighted by Crippen LogP contribution is -2.60. The van der Waals surface area contributed by atoms with Gasteiger partial charge in [0.05, 0.1) is 18.8 Å². The number of hydrogen-bond acceptors (Lipinski definition) is 6. The fraction of sp³-hybridized carbons (Fsp3) is 0.548. The third-order valence-corrected chi connectivity index (χ3v) is 8.74. The zero-order valence-electron chi connectivity index (χ0n) is 23.0. The maximum atomic E-state index is 14.2. The highest BCUT2D eigenvalue weighted by molar-refractivity contribution is 5.89. The topological polar surface area (TPSA) is 105 Å². The van der Waals surface area contributed by atoms with Crippen LogP contribution in [0.5, 0.6) is 5.75 Å². The molecular weight excluding hydrogens is 482 g/mol. The Hall–Kier alpha value is -2.90. The van der Waals surface area contributed by atoms with Crippen LogP contribution in [0.3, 0.4) is 0 Å². The summed E-state index contributed by atoms with van der Waals surface area (Å²) in [5.41, 5.74) is -0.758. The third kappa shape index (κ3) is 5.06. The third-order valence-electron chi connectivity index (χ3n) is 8.74. The highest BCUT2D eigenvalue weighted by Crippen LogP contribution is 2.58. The fourth-order valence-corrected chi connectivity index (χ4v) is 7.05. The first-order valence-corrected chi connectivity index (χ1v) is 13.5. The van der Waals surface area contributed by atoms with Gasteiger partial charge in [0.15, 0.2) is 0 Å². The van der Waals surface area contributed by atoms with E-state index in [4.69, 9.17) is 9.47 Å². The average molecular weight is 524 g/mol. The summed E-state index contributed by atoms with van der Waals surface area (Å²) < 4.78 is 11.2. The number of hydrogen-bond donors (Lipinski definition) is 3. The van der Waals surface area contributed by atoms with Crippen molar-refractivity contribution in [2.75, 3.05) is 7.11 Å². The van der Waals surface area contributed by atoms with E-state index in [9.17, 15) is 19.8 Å². The molecule has 38 heavy (non-hydrogen) atoms. The first-order chi connectivity index (χ1) is 17.9. The molecule has 0 aromatic heterocycles. The Morgan fingerprint density at radius 1 is 1.21 bits per heavy atom. The van der Waals surface area contributed by atoms with Crippen molar-refractivity contribution in [3.63, 3.8) is 0 Å². The van der Waals surface area contributed by atoms with Crippen molar-refractivity contribution in [3.8, 4) is 5.75 Å². The Labute approximate surface area is 225 Å². The van der Waals surface area contributed by atoms with Gasteiger partial charge in [-0.25, -0.2) is 0 Å². The van der Waals surface area contributed by atoms with Gasteiger partial charge < -0.3 is 25.0 Å². The zero-order valence-corrected chi connectivity index (χ0v) is 23.0. The molecule has 206 valence electrons. The van der Waals surface area contributed by atoms with Crippen LogP contribution in [0.2, 0.25) is 0 Å². The molecule has 7 nitrogen and oxygen atoms in total. The summed E-state index contributed by atoms with van der Waals surface area (Å²) in [6, 6.07) is 7.44. The van der Waals surface area contributed by atoms with Crippen molar-refractivity contribution >= 4 is 11.9 Å². The number of rotatable bonds is 4. The molecule has 9 unspecified atom stereocenters. The predicted molar refractivity (Wildman–Crippen MR) is 145 cm³/mol. The normalized spacial score (nSPS) is 40.7. The van der Waals surface area contributed by atoms with Crippen LogP contribution in [-0.4, -0.2) is 53.1 Å². The lowest BCUT2D eigenvalue weighted by Gasteiger charge is -2.52. The molecule has 1 aromatic rings. The summed E-state index contributed by atoms with van der Waals surface area (Å²) in [7, 11) is 1.62. The minimum atomic E-state index is -1.29. The van der Waals surface area contributed by atoms with Crippen LogP contribution in [0.15, 0.2) is 60.7 Å². The van der Waals surface area contributed by atoms with E-state index in [0.29, 0.717) is 24.8 Å². The Balaban J connectivity index is 1.89. The van der Waals surface area contributed by atoms with Crippen LogP contribution in [0.4, 0.5) is 0 Å². The molecule has 4 rings (SSSR count). The number of nitrogens with one attached hydrogen (secondary N) is 1. The minimum Gasteiger partial charge on any atom is -0.497 e. The summed E-state index contributed by atoms with van der Waals surface area (Å²) in [5.74, 6) is -1.13. The number of ether oxygens (including phenoxy) is 2. The first-order valence-electron chi connectivity index (χ1n) is 13.5. The molecular formula is C31H41NO6.